The summed E-state index contributed by atoms with van der Waals surface area (Å²) in [6.07, 6.45) is 6.38. The zero-order valence-corrected chi connectivity index (χ0v) is 9.62. The van der Waals surface area contributed by atoms with E-state index in [-0.39, 0.29) is 0 Å². The SMILES string of the molecule is NCCC1(CN2CCCC(CO)C2)CC1. The van der Waals surface area contributed by atoms with Crippen molar-refractivity contribution in [1.82, 2.24) is 4.90 Å². The summed E-state index contributed by atoms with van der Waals surface area (Å²) in [4.78, 5) is 2.55. The third-order valence-corrected chi connectivity index (χ3v) is 4.05. The summed E-state index contributed by atoms with van der Waals surface area (Å²) in [5, 5.41) is 9.18. The fourth-order valence-electron chi connectivity index (χ4n) is 2.89. The molecule has 0 aromatic carbocycles. The predicted octanol–water partition coefficient (Wildman–Crippen LogP) is 0.820. The molecule has 1 saturated carbocycles. The predicted molar refractivity (Wildman–Crippen MR) is 61.6 cm³/mol. The second-order valence-electron chi connectivity index (χ2n) is 5.46. The Morgan fingerprint density at radius 3 is 2.80 bits per heavy atom. The fraction of sp³-hybridized carbons (Fsp3) is 1.00. The topological polar surface area (TPSA) is 49.5 Å². The molecule has 3 nitrogen and oxygen atoms in total. The van der Waals surface area contributed by atoms with Crippen molar-refractivity contribution in [2.75, 3.05) is 32.8 Å². The molecule has 15 heavy (non-hydrogen) atoms. The van der Waals surface area contributed by atoms with E-state index in [1.807, 2.05) is 0 Å². The summed E-state index contributed by atoms with van der Waals surface area (Å²) in [5.41, 5.74) is 6.22. The molecule has 88 valence electrons. The average molecular weight is 212 g/mol. The van der Waals surface area contributed by atoms with Gasteiger partial charge in [-0.2, -0.15) is 0 Å². The largest absolute Gasteiger partial charge is 0.396 e. The van der Waals surface area contributed by atoms with Crippen molar-refractivity contribution in [3.63, 3.8) is 0 Å². The smallest absolute Gasteiger partial charge is 0.0471 e. The summed E-state index contributed by atoms with van der Waals surface area (Å²) < 4.78 is 0. The number of aliphatic hydroxyl groups is 1. The van der Waals surface area contributed by atoms with Gasteiger partial charge in [-0.1, -0.05) is 0 Å². The van der Waals surface area contributed by atoms with Crippen molar-refractivity contribution in [3.8, 4) is 0 Å². The molecule has 1 aliphatic heterocycles. The van der Waals surface area contributed by atoms with Crippen LogP contribution in [-0.4, -0.2) is 42.8 Å². The van der Waals surface area contributed by atoms with E-state index in [0.29, 0.717) is 17.9 Å². The first-order chi connectivity index (χ1) is 7.28. The molecule has 0 amide bonds. The minimum absolute atomic E-state index is 0.361. The number of nitrogens with zero attached hydrogens (tertiary/aromatic N) is 1. The van der Waals surface area contributed by atoms with E-state index in [1.54, 1.807) is 0 Å². The fourth-order valence-corrected chi connectivity index (χ4v) is 2.89. The third-order valence-electron chi connectivity index (χ3n) is 4.05. The van der Waals surface area contributed by atoms with E-state index in [4.69, 9.17) is 5.73 Å². The van der Waals surface area contributed by atoms with Crippen LogP contribution < -0.4 is 5.73 Å². The quantitative estimate of drug-likeness (QED) is 0.709. The first kappa shape index (κ1) is 11.4. The Kier molecular flexibility index (Phi) is 3.65. The van der Waals surface area contributed by atoms with Crippen LogP contribution in [0.3, 0.4) is 0 Å². The van der Waals surface area contributed by atoms with Crippen LogP contribution in [0.15, 0.2) is 0 Å². The number of likely N-dealkylation sites (tertiary alicyclic amines) is 1. The zero-order chi connectivity index (χ0) is 10.7. The van der Waals surface area contributed by atoms with Gasteiger partial charge in [0.15, 0.2) is 0 Å². The molecule has 3 heteroatoms. The standard InChI is InChI=1S/C12H24N2O/c13-6-5-12(3-4-12)10-14-7-1-2-11(8-14)9-15/h11,15H,1-10,13H2. The first-order valence-electron chi connectivity index (χ1n) is 6.31. The van der Waals surface area contributed by atoms with Gasteiger partial charge >= 0.3 is 0 Å². The Morgan fingerprint density at radius 2 is 2.20 bits per heavy atom. The van der Waals surface area contributed by atoms with E-state index in [2.05, 4.69) is 4.90 Å². The van der Waals surface area contributed by atoms with Gasteiger partial charge in [0.2, 0.25) is 0 Å². The average Bonchev–Trinajstić information content (AvgIpc) is 2.99. The Hall–Kier alpha value is -0.120. The lowest BCUT2D eigenvalue weighted by molar-refractivity contribution is 0.102. The lowest BCUT2D eigenvalue weighted by atomic mass is 9.95. The van der Waals surface area contributed by atoms with Crippen LogP contribution in [0, 0.1) is 11.3 Å². The Morgan fingerprint density at radius 1 is 1.40 bits per heavy atom. The van der Waals surface area contributed by atoms with Gasteiger partial charge in [-0.3, -0.25) is 0 Å². The first-order valence-corrected chi connectivity index (χ1v) is 6.31. The molecule has 1 atom stereocenters. The summed E-state index contributed by atoms with van der Waals surface area (Å²) in [6, 6.07) is 0. The second kappa shape index (κ2) is 4.81. The van der Waals surface area contributed by atoms with E-state index in [0.717, 1.165) is 13.1 Å². The van der Waals surface area contributed by atoms with Gasteiger partial charge in [0, 0.05) is 19.7 Å². The Bertz CT molecular complexity index is 204. The molecule has 0 aromatic rings. The molecular formula is C12H24N2O. The Balaban J connectivity index is 1.78. The molecule has 0 spiro atoms. The van der Waals surface area contributed by atoms with Crippen LogP contribution in [0.4, 0.5) is 0 Å². The van der Waals surface area contributed by atoms with Gasteiger partial charge in [-0.25, -0.2) is 0 Å². The number of piperidine rings is 1. The van der Waals surface area contributed by atoms with Crippen LogP contribution in [-0.2, 0) is 0 Å². The second-order valence-corrected chi connectivity index (χ2v) is 5.46. The molecule has 1 aliphatic carbocycles. The highest BCUT2D eigenvalue weighted by Crippen LogP contribution is 2.49. The summed E-state index contributed by atoms with van der Waals surface area (Å²) in [7, 11) is 0. The normalized spacial score (nSPS) is 30.4. The van der Waals surface area contributed by atoms with Crippen LogP contribution in [0.5, 0.6) is 0 Å². The van der Waals surface area contributed by atoms with Crippen LogP contribution in [0.1, 0.15) is 32.1 Å². The van der Waals surface area contributed by atoms with Crippen molar-refractivity contribution < 1.29 is 5.11 Å². The maximum absolute atomic E-state index is 9.18. The highest BCUT2D eigenvalue weighted by atomic mass is 16.3. The van der Waals surface area contributed by atoms with Crippen LogP contribution in [0.25, 0.3) is 0 Å². The minimum atomic E-state index is 0.361. The van der Waals surface area contributed by atoms with Crippen LogP contribution in [0.2, 0.25) is 0 Å². The van der Waals surface area contributed by atoms with Gasteiger partial charge in [0.25, 0.3) is 0 Å². The molecule has 1 saturated heterocycles. The van der Waals surface area contributed by atoms with E-state index in [9.17, 15) is 5.11 Å². The highest BCUT2D eigenvalue weighted by Gasteiger charge is 2.43. The number of nitrogens with two attached hydrogens (primary N) is 1. The molecule has 0 radical (unpaired) electrons. The van der Waals surface area contributed by atoms with E-state index < -0.39 is 0 Å². The molecule has 2 rings (SSSR count). The molecule has 1 heterocycles. The molecule has 0 bridgehead atoms. The maximum Gasteiger partial charge on any atom is 0.0471 e. The lowest BCUT2D eigenvalue weighted by Gasteiger charge is -2.34. The van der Waals surface area contributed by atoms with Gasteiger partial charge < -0.3 is 15.7 Å². The van der Waals surface area contributed by atoms with Crippen molar-refractivity contribution in [3.05, 3.63) is 0 Å². The summed E-state index contributed by atoms with van der Waals surface area (Å²) in [5.74, 6) is 0.521. The number of hydrogen-bond acceptors (Lipinski definition) is 3. The number of hydrogen-bond donors (Lipinski definition) is 2. The van der Waals surface area contributed by atoms with Gasteiger partial charge in [-0.15, -0.1) is 0 Å². The molecule has 3 N–H and O–H groups in total. The van der Waals surface area contributed by atoms with Crippen molar-refractivity contribution in [1.29, 1.82) is 0 Å². The van der Waals surface area contributed by atoms with E-state index in [1.165, 1.54) is 45.2 Å². The molecule has 1 unspecified atom stereocenters. The van der Waals surface area contributed by atoms with Crippen molar-refractivity contribution in [2.45, 2.75) is 32.1 Å². The monoisotopic (exact) mass is 212 g/mol. The third kappa shape index (κ3) is 2.92. The summed E-state index contributed by atoms with van der Waals surface area (Å²) in [6.45, 7) is 4.74. The lowest BCUT2D eigenvalue weighted by Crippen LogP contribution is -2.40. The minimum Gasteiger partial charge on any atom is -0.396 e. The van der Waals surface area contributed by atoms with Gasteiger partial charge in [0.05, 0.1) is 0 Å². The number of rotatable bonds is 5. The molecule has 0 aromatic heterocycles. The maximum atomic E-state index is 9.18. The highest BCUT2D eigenvalue weighted by molar-refractivity contribution is 4.96. The number of aliphatic hydroxyl groups excluding tert-OH is 1. The molecular weight excluding hydrogens is 188 g/mol. The summed E-state index contributed by atoms with van der Waals surface area (Å²) >= 11 is 0. The zero-order valence-electron chi connectivity index (χ0n) is 9.62. The van der Waals surface area contributed by atoms with E-state index >= 15 is 0 Å². The van der Waals surface area contributed by atoms with Crippen molar-refractivity contribution in [2.24, 2.45) is 17.1 Å². The van der Waals surface area contributed by atoms with Gasteiger partial charge in [-0.05, 0) is 56.5 Å². The van der Waals surface area contributed by atoms with Crippen LogP contribution >= 0.6 is 0 Å². The van der Waals surface area contributed by atoms with Crippen molar-refractivity contribution >= 4 is 0 Å². The van der Waals surface area contributed by atoms with Gasteiger partial charge in [0.1, 0.15) is 0 Å². The molecule has 2 fully saturated rings. The molecule has 2 aliphatic rings. The Labute approximate surface area is 92.6 Å².